The van der Waals surface area contributed by atoms with Crippen LogP contribution in [-0.2, 0) is 10.3 Å². The third-order valence-corrected chi connectivity index (χ3v) is 4.56. The lowest BCUT2D eigenvalue weighted by Crippen LogP contribution is -2.49. The molecule has 0 aliphatic carbocycles. The first-order chi connectivity index (χ1) is 13.7. The summed E-state index contributed by atoms with van der Waals surface area (Å²) in [5, 5.41) is 6.30. The number of benzene rings is 2. The third-order valence-electron chi connectivity index (χ3n) is 4.37. The van der Waals surface area contributed by atoms with Crippen molar-refractivity contribution in [3.63, 3.8) is 0 Å². The average Bonchev–Trinajstić information content (AvgIpc) is 2.88. The lowest BCUT2D eigenvalue weighted by atomic mass is 9.92. The van der Waals surface area contributed by atoms with Crippen LogP contribution >= 0.6 is 12.2 Å². The summed E-state index contributed by atoms with van der Waals surface area (Å²) in [6, 6.07) is 12.2. The van der Waals surface area contributed by atoms with Gasteiger partial charge in [0.25, 0.3) is 5.91 Å². The van der Waals surface area contributed by atoms with E-state index < -0.39 is 24.1 Å². The molecular weight excluding hydrogens is 402 g/mol. The number of carbonyl (C=O) groups is 2. The average molecular weight is 420 g/mol. The van der Waals surface area contributed by atoms with Gasteiger partial charge in [-0.1, -0.05) is 29.8 Å². The standard InChI is InChI=1S/C19H18F2N4O3S/c1-11-3-7-13(8-4-11)22-17(29)24-25-15(26)19(2,23-18(25)27)12-5-9-14(10-6-12)28-16(20)21/h3-10,16H,1-2H3,(H,23,27)(H2,22,24,29). The SMILES string of the molecule is Cc1ccc(NC(=S)NN2C(=O)NC(C)(c3ccc(OC(F)F)cc3)C2=O)cc1. The Morgan fingerprint density at radius 1 is 1.14 bits per heavy atom. The normalized spacial score (nSPS) is 18.6. The highest BCUT2D eigenvalue weighted by molar-refractivity contribution is 7.80. The van der Waals surface area contributed by atoms with E-state index in [-0.39, 0.29) is 10.9 Å². The Morgan fingerprint density at radius 3 is 2.34 bits per heavy atom. The number of carbonyl (C=O) groups excluding carboxylic acids is 2. The lowest BCUT2D eigenvalue weighted by molar-refractivity contribution is -0.132. The van der Waals surface area contributed by atoms with E-state index in [4.69, 9.17) is 12.2 Å². The number of nitrogens with one attached hydrogen (secondary N) is 3. The second-order valence-electron chi connectivity index (χ2n) is 6.53. The van der Waals surface area contributed by atoms with Gasteiger partial charge in [-0.25, -0.2) is 4.79 Å². The molecule has 3 rings (SSSR count). The molecule has 1 saturated heterocycles. The summed E-state index contributed by atoms with van der Waals surface area (Å²) in [7, 11) is 0. The first kappa shape index (κ1) is 20.5. The number of thiocarbonyl (C=S) groups is 1. The van der Waals surface area contributed by atoms with Crippen LogP contribution in [-0.4, -0.2) is 28.7 Å². The predicted octanol–water partition coefficient (Wildman–Crippen LogP) is 3.27. The van der Waals surface area contributed by atoms with Gasteiger partial charge in [0.1, 0.15) is 11.3 Å². The molecule has 1 heterocycles. The summed E-state index contributed by atoms with van der Waals surface area (Å²) in [5.41, 5.74) is 3.34. The number of halogens is 2. The van der Waals surface area contributed by atoms with E-state index in [0.29, 0.717) is 11.3 Å². The molecule has 1 aliphatic heterocycles. The molecule has 0 saturated carbocycles. The van der Waals surface area contributed by atoms with Gasteiger partial charge >= 0.3 is 12.6 Å². The van der Waals surface area contributed by atoms with Crippen molar-refractivity contribution in [3.8, 4) is 5.75 Å². The molecule has 10 heteroatoms. The minimum Gasteiger partial charge on any atom is -0.435 e. The van der Waals surface area contributed by atoms with E-state index in [9.17, 15) is 18.4 Å². The van der Waals surface area contributed by atoms with E-state index in [1.54, 1.807) is 0 Å². The van der Waals surface area contributed by atoms with Crippen molar-refractivity contribution in [1.29, 1.82) is 0 Å². The molecule has 2 aromatic rings. The highest BCUT2D eigenvalue weighted by Crippen LogP contribution is 2.29. The largest absolute Gasteiger partial charge is 0.435 e. The van der Waals surface area contributed by atoms with Crippen molar-refractivity contribution >= 4 is 35.0 Å². The Bertz CT molecular complexity index is 937. The Kier molecular flexibility index (Phi) is 5.64. The zero-order valence-electron chi connectivity index (χ0n) is 15.5. The number of hydrogen-bond donors (Lipinski definition) is 3. The van der Waals surface area contributed by atoms with E-state index >= 15 is 0 Å². The summed E-state index contributed by atoms with van der Waals surface area (Å²) in [6.07, 6.45) is 0. The number of aryl methyl sites for hydroxylation is 1. The Balaban J connectivity index is 1.71. The van der Waals surface area contributed by atoms with Crippen molar-refractivity contribution in [3.05, 3.63) is 59.7 Å². The molecule has 29 heavy (non-hydrogen) atoms. The number of ether oxygens (including phenoxy) is 1. The van der Waals surface area contributed by atoms with Crippen molar-refractivity contribution in [2.45, 2.75) is 26.0 Å². The summed E-state index contributed by atoms with van der Waals surface area (Å²) in [4.78, 5) is 25.2. The smallest absolute Gasteiger partial charge is 0.387 e. The first-order valence-electron chi connectivity index (χ1n) is 8.55. The van der Waals surface area contributed by atoms with Crippen LogP contribution in [0, 0.1) is 6.92 Å². The van der Waals surface area contributed by atoms with E-state index in [1.165, 1.54) is 31.2 Å². The molecule has 0 radical (unpaired) electrons. The maximum absolute atomic E-state index is 12.9. The minimum absolute atomic E-state index is 0.0532. The fourth-order valence-electron chi connectivity index (χ4n) is 2.80. The van der Waals surface area contributed by atoms with Crippen LogP contribution in [0.5, 0.6) is 5.75 Å². The van der Waals surface area contributed by atoms with Crippen LogP contribution in [0.3, 0.4) is 0 Å². The summed E-state index contributed by atoms with van der Waals surface area (Å²) >= 11 is 5.18. The minimum atomic E-state index is -2.95. The maximum atomic E-state index is 12.9. The summed E-state index contributed by atoms with van der Waals surface area (Å²) < 4.78 is 28.9. The molecule has 0 spiro atoms. The summed E-state index contributed by atoms with van der Waals surface area (Å²) in [6.45, 7) is 0.501. The van der Waals surface area contributed by atoms with Gasteiger partial charge in [0.05, 0.1) is 0 Å². The molecule has 3 amide bonds. The van der Waals surface area contributed by atoms with Gasteiger partial charge in [0.15, 0.2) is 5.11 Å². The predicted molar refractivity (Wildman–Crippen MR) is 106 cm³/mol. The number of imide groups is 1. The molecule has 1 fully saturated rings. The second kappa shape index (κ2) is 8.00. The van der Waals surface area contributed by atoms with Crippen LogP contribution < -0.4 is 20.8 Å². The van der Waals surface area contributed by atoms with Crippen molar-refractivity contribution in [2.75, 3.05) is 5.32 Å². The fourth-order valence-corrected chi connectivity index (χ4v) is 3.01. The number of amides is 3. The maximum Gasteiger partial charge on any atom is 0.387 e. The quantitative estimate of drug-likeness (QED) is 0.509. The monoisotopic (exact) mass is 420 g/mol. The fraction of sp³-hybridized carbons (Fsp3) is 0.211. The van der Waals surface area contributed by atoms with Crippen molar-refractivity contribution in [1.82, 2.24) is 15.8 Å². The van der Waals surface area contributed by atoms with E-state index in [2.05, 4.69) is 20.8 Å². The molecule has 0 aromatic heterocycles. The topological polar surface area (TPSA) is 82.7 Å². The molecule has 1 aliphatic rings. The summed E-state index contributed by atoms with van der Waals surface area (Å²) in [5.74, 6) is -0.652. The van der Waals surface area contributed by atoms with Crippen LogP contribution in [0.15, 0.2) is 48.5 Å². The van der Waals surface area contributed by atoms with Gasteiger partial charge < -0.3 is 15.4 Å². The Morgan fingerprint density at radius 2 is 1.76 bits per heavy atom. The highest BCUT2D eigenvalue weighted by atomic mass is 32.1. The van der Waals surface area contributed by atoms with Crippen molar-refractivity contribution < 1.29 is 23.1 Å². The zero-order chi connectivity index (χ0) is 21.2. The number of hydrazine groups is 1. The van der Waals surface area contributed by atoms with Crippen LogP contribution in [0.2, 0.25) is 0 Å². The third kappa shape index (κ3) is 4.43. The number of hydrogen-bond acceptors (Lipinski definition) is 4. The Hall–Kier alpha value is -3.27. The van der Waals surface area contributed by atoms with Gasteiger partial charge in [-0.05, 0) is 55.9 Å². The number of urea groups is 1. The molecule has 2 aromatic carbocycles. The molecular formula is C19H18F2N4O3S. The van der Waals surface area contributed by atoms with Crippen LogP contribution in [0.4, 0.5) is 19.3 Å². The molecule has 3 N–H and O–H groups in total. The second-order valence-corrected chi connectivity index (χ2v) is 6.94. The van der Waals surface area contributed by atoms with Gasteiger partial charge in [0.2, 0.25) is 0 Å². The number of rotatable bonds is 5. The van der Waals surface area contributed by atoms with Gasteiger partial charge in [-0.15, -0.1) is 0 Å². The Labute approximate surface area is 171 Å². The van der Waals surface area contributed by atoms with Gasteiger partial charge in [-0.2, -0.15) is 13.8 Å². The number of alkyl halides is 2. The van der Waals surface area contributed by atoms with Gasteiger partial charge in [0, 0.05) is 5.69 Å². The zero-order valence-corrected chi connectivity index (χ0v) is 16.3. The van der Waals surface area contributed by atoms with Crippen LogP contribution in [0.25, 0.3) is 0 Å². The molecule has 7 nitrogen and oxygen atoms in total. The first-order valence-corrected chi connectivity index (χ1v) is 8.96. The van der Waals surface area contributed by atoms with Crippen molar-refractivity contribution in [2.24, 2.45) is 0 Å². The highest BCUT2D eigenvalue weighted by Gasteiger charge is 2.49. The number of nitrogens with zero attached hydrogens (tertiary/aromatic N) is 1. The van der Waals surface area contributed by atoms with Gasteiger partial charge in [-0.3, -0.25) is 10.2 Å². The number of anilines is 1. The van der Waals surface area contributed by atoms with E-state index in [0.717, 1.165) is 10.6 Å². The molecule has 0 bridgehead atoms. The lowest BCUT2D eigenvalue weighted by Gasteiger charge is -2.23. The van der Waals surface area contributed by atoms with Crippen LogP contribution in [0.1, 0.15) is 18.1 Å². The van der Waals surface area contributed by atoms with E-state index in [1.807, 2.05) is 31.2 Å². The molecule has 1 unspecified atom stereocenters. The molecule has 1 atom stereocenters. The molecule has 152 valence electrons.